The van der Waals surface area contributed by atoms with Gasteiger partial charge < -0.3 is 30.0 Å². The normalized spacial score (nSPS) is 11.7. The van der Waals surface area contributed by atoms with Crippen molar-refractivity contribution in [3.63, 3.8) is 0 Å². The van der Waals surface area contributed by atoms with Crippen molar-refractivity contribution in [1.29, 1.82) is 0 Å². The molecule has 0 aliphatic carbocycles. The van der Waals surface area contributed by atoms with Gasteiger partial charge >= 0.3 is 12.2 Å². The number of aliphatic hydroxyl groups excluding tert-OH is 1. The molecule has 1 unspecified atom stereocenters. The molecule has 3 N–H and O–H groups in total. The summed E-state index contributed by atoms with van der Waals surface area (Å²) in [7, 11) is 1.46. The van der Waals surface area contributed by atoms with Crippen LogP contribution in [0.3, 0.4) is 0 Å². The maximum Gasteiger partial charge on any atom is 0.407 e. The average molecular weight is 489 g/mol. The Morgan fingerprint density at radius 1 is 0.647 bits per heavy atom. The monoisotopic (exact) mass is 488 g/mol. The van der Waals surface area contributed by atoms with Gasteiger partial charge in [0.1, 0.15) is 19.3 Å². The van der Waals surface area contributed by atoms with Gasteiger partial charge in [-0.05, 0) is 6.42 Å². The summed E-state index contributed by atoms with van der Waals surface area (Å²) in [4.78, 5) is 23.1. The molecule has 0 saturated carbocycles. The molecule has 0 aliphatic heterocycles. The van der Waals surface area contributed by atoms with Crippen LogP contribution in [-0.4, -0.2) is 63.4 Å². The number of rotatable bonds is 24. The standard InChI is InChI=1S/C26H52N2O6/c1-3-4-5-6-7-8-9-10-11-12-13-14-15-16-17-18-19-27-25(30)33-22-24(32-2)23-34-26(31)28-20-21-29/h24,29H,3-23H2,1-2H3,(H,27,30)(H,28,31). The summed E-state index contributed by atoms with van der Waals surface area (Å²) >= 11 is 0. The molecule has 0 fully saturated rings. The first-order valence-electron chi connectivity index (χ1n) is 13.6. The van der Waals surface area contributed by atoms with Gasteiger partial charge in [-0.15, -0.1) is 0 Å². The Bertz CT molecular complexity index is 465. The number of nitrogens with one attached hydrogen (secondary N) is 2. The molecular formula is C26H52N2O6. The summed E-state index contributed by atoms with van der Waals surface area (Å²) in [5, 5.41) is 13.7. The summed E-state index contributed by atoms with van der Waals surface area (Å²) in [6.45, 7) is 2.77. The Morgan fingerprint density at radius 3 is 1.41 bits per heavy atom. The van der Waals surface area contributed by atoms with E-state index in [1.165, 1.54) is 97.0 Å². The van der Waals surface area contributed by atoms with Crippen molar-refractivity contribution < 1.29 is 28.9 Å². The highest BCUT2D eigenvalue weighted by molar-refractivity contribution is 5.67. The number of carbonyl (C=O) groups excluding carboxylic acids is 2. The lowest BCUT2D eigenvalue weighted by molar-refractivity contribution is -0.00460. The third-order valence-electron chi connectivity index (χ3n) is 5.81. The van der Waals surface area contributed by atoms with E-state index in [1.54, 1.807) is 0 Å². The number of amides is 2. The third kappa shape index (κ3) is 23.6. The zero-order valence-corrected chi connectivity index (χ0v) is 21.9. The Morgan fingerprint density at radius 2 is 1.03 bits per heavy atom. The van der Waals surface area contributed by atoms with Crippen LogP contribution in [0.15, 0.2) is 0 Å². The average Bonchev–Trinajstić information content (AvgIpc) is 2.84. The zero-order chi connectivity index (χ0) is 25.1. The van der Waals surface area contributed by atoms with Gasteiger partial charge in [-0.3, -0.25) is 0 Å². The minimum atomic E-state index is -0.649. The molecule has 2 amide bonds. The maximum atomic E-state index is 11.8. The predicted octanol–water partition coefficient (Wildman–Crippen LogP) is 5.71. The van der Waals surface area contributed by atoms with E-state index < -0.39 is 18.3 Å². The molecule has 34 heavy (non-hydrogen) atoms. The van der Waals surface area contributed by atoms with Gasteiger partial charge in [0.05, 0.1) is 6.61 Å². The lowest BCUT2D eigenvalue weighted by atomic mass is 10.0. The first-order valence-corrected chi connectivity index (χ1v) is 13.6. The number of unbranched alkanes of at least 4 members (excludes halogenated alkanes) is 15. The second-order valence-corrected chi connectivity index (χ2v) is 8.94. The summed E-state index contributed by atoms with van der Waals surface area (Å²) in [6, 6.07) is 0. The van der Waals surface area contributed by atoms with Gasteiger partial charge in [-0.1, -0.05) is 103 Å². The van der Waals surface area contributed by atoms with Crippen molar-refractivity contribution in [2.75, 3.05) is 40.0 Å². The van der Waals surface area contributed by atoms with Crippen LogP contribution in [0.1, 0.15) is 110 Å². The highest BCUT2D eigenvalue weighted by atomic mass is 16.6. The van der Waals surface area contributed by atoms with E-state index in [9.17, 15) is 9.59 Å². The van der Waals surface area contributed by atoms with Gasteiger partial charge in [0.2, 0.25) is 0 Å². The van der Waals surface area contributed by atoms with Crippen LogP contribution in [0, 0.1) is 0 Å². The third-order valence-corrected chi connectivity index (χ3v) is 5.81. The van der Waals surface area contributed by atoms with E-state index >= 15 is 0 Å². The van der Waals surface area contributed by atoms with E-state index in [0.717, 1.165) is 12.8 Å². The van der Waals surface area contributed by atoms with Crippen LogP contribution < -0.4 is 10.6 Å². The second kappa shape index (κ2) is 26.1. The minimum absolute atomic E-state index is 0.00538. The molecule has 0 aromatic carbocycles. The predicted molar refractivity (Wildman–Crippen MR) is 136 cm³/mol. The Kier molecular flexibility index (Phi) is 24.9. The van der Waals surface area contributed by atoms with Crippen molar-refractivity contribution >= 4 is 12.2 Å². The number of hydrogen-bond donors (Lipinski definition) is 3. The second-order valence-electron chi connectivity index (χ2n) is 8.94. The number of ether oxygens (including phenoxy) is 3. The molecule has 8 nitrogen and oxygen atoms in total. The summed E-state index contributed by atoms with van der Waals surface area (Å²) in [6.07, 6.45) is 19.4. The lowest BCUT2D eigenvalue weighted by Gasteiger charge is -2.16. The Balaban J connectivity index is 3.40. The van der Waals surface area contributed by atoms with Gasteiger partial charge in [0.15, 0.2) is 0 Å². The molecule has 0 radical (unpaired) electrons. The molecule has 202 valence electrons. The van der Waals surface area contributed by atoms with Crippen molar-refractivity contribution in [2.24, 2.45) is 0 Å². The quantitative estimate of drug-likeness (QED) is 0.150. The largest absolute Gasteiger partial charge is 0.447 e. The minimum Gasteiger partial charge on any atom is -0.447 e. The van der Waals surface area contributed by atoms with Crippen molar-refractivity contribution in [3.8, 4) is 0 Å². The molecule has 0 aliphatic rings. The van der Waals surface area contributed by atoms with E-state index in [0.29, 0.717) is 6.54 Å². The van der Waals surface area contributed by atoms with E-state index in [2.05, 4.69) is 17.6 Å². The molecule has 0 heterocycles. The fourth-order valence-electron chi connectivity index (χ4n) is 3.65. The summed E-state index contributed by atoms with van der Waals surface area (Å²) in [5.41, 5.74) is 0. The number of alkyl carbamates (subject to hydrolysis) is 2. The molecule has 0 spiro atoms. The van der Waals surface area contributed by atoms with Crippen molar-refractivity contribution in [2.45, 2.75) is 116 Å². The smallest absolute Gasteiger partial charge is 0.407 e. The number of aliphatic hydroxyl groups is 1. The van der Waals surface area contributed by atoms with E-state index in [1.807, 2.05) is 0 Å². The number of methoxy groups -OCH3 is 1. The molecule has 0 bridgehead atoms. The number of carbonyl (C=O) groups is 2. The van der Waals surface area contributed by atoms with Crippen LogP contribution in [0.25, 0.3) is 0 Å². The van der Waals surface area contributed by atoms with Crippen LogP contribution in [0.2, 0.25) is 0 Å². The van der Waals surface area contributed by atoms with Gasteiger partial charge in [0, 0.05) is 20.2 Å². The molecular weight excluding hydrogens is 436 g/mol. The topological polar surface area (TPSA) is 106 Å². The molecule has 1 atom stereocenters. The van der Waals surface area contributed by atoms with Crippen LogP contribution in [0.5, 0.6) is 0 Å². The van der Waals surface area contributed by atoms with Gasteiger partial charge in [-0.25, -0.2) is 9.59 Å². The lowest BCUT2D eigenvalue weighted by Crippen LogP contribution is -2.34. The van der Waals surface area contributed by atoms with Crippen LogP contribution in [-0.2, 0) is 14.2 Å². The van der Waals surface area contributed by atoms with Gasteiger partial charge in [-0.2, -0.15) is 0 Å². The number of hydrogen-bond acceptors (Lipinski definition) is 6. The summed E-state index contributed by atoms with van der Waals surface area (Å²) in [5.74, 6) is 0. The first-order chi connectivity index (χ1) is 16.6. The van der Waals surface area contributed by atoms with Crippen LogP contribution in [0.4, 0.5) is 9.59 Å². The van der Waals surface area contributed by atoms with E-state index in [-0.39, 0.29) is 26.4 Å². The Labute approximate surface area is 207 Å². The zero-order valence-electron chi connectivity index (χ0n) is 21.9. The molecule has 0 aromatic heterocycles. The fraction of sp³-hybridized carbons (Fsp3) is 0.923. The van der Waals surface area contributed by atoms with E-state index in [4.69, 9.17) is 19.3 Å². The molecule has 0 aromatic rings. The molecule has 0 rings (SSSR count). The SMILES string of the molecule is CCCCCCCCCCCCCCCCCCNC(=O)OCC(COC(=O)NCCO)OC. The van der Waals surface area contributed by atoms with Gasteiger partial charge in [0.25, 0.3) is 0 Å². The van der Waals surface area contributed by atoms with Crippen molar-refractivity contribution in [3.05, 3.63) is 0 Å². The fourth-order valence-corrected chi connectivity index (χ4v) is 3.65. The van der Waals surface area contributed by atoms with Crippen molar-refractivity contribution in [1.82, 2.24) is 10.6 Å². The molecule has 8 heteroatoms. The van der Waals surface area contributed by atoms with Crippen LogP contribution >= 0.6 is 0 Å². The first kappa shape index (κ1) is 32.5. The summed E-state index contributed by atoms with van der Waals surface area (Å²) < 4.78 is 15.2. The Hall–Kier alpha value is -1.54. The highest BCUT2D eigenvalue weighted by Gasteiger charge is 2.13. The molecule has 0 saturated heterocycles. The highest BCUT2D eigenvalue weighted by Crippen LogP contribution is 2.13. The maximum absolute atomic E-state index is 11.8.